The van der Waals surface area contributed by atoms with E-state index in [0.717, 1.165) is 17.7 Å². The van der Waals surface area contributed by atoms with E-state index in [9.17, 15) is 0 Å². The number of nitrogens with two attached hydrogens (primary N) is 1. The molecule has 104 valence electrons. The monoisotopic (exact) mass is 319 g/mol. The molecule has 0 bridgehead atoms. The summed E-state index contributed by atoms with van der Waals surface area (Å²) in [6.07, 6.45) is 2.86. The van der Waals surface area contributed by atoms with Crippen molar-refractivity contribution in [3.63, 3.8) is 0 Å². The van der Waals surface area contributed by atoms with Crippen LogP contribution in [0.1, 0.15) is 18.4 Å². The van der Waals surface area contributed by atoms with Crippen LogP contribution in [0.15, 0.2) is 28.8 Å². The van der Waals surface area contributed by atoms with Crippen LogP contribution in [0, 0.1) is 0 Å². The molecule has 1 heterocycles. The summed E-state index contributed by atoms with van der Waals surface area (Å²) >= 11 is 7.57. The van der Waals surface area contributed by atoms with Crippen LogP contribution < -0.4 is 5.73 Å². The molecule has 0 spiro atoms. The molecule has 0 radical (unpaired) electrons. The van der Waals surface area contributed by atoms with Crippen molar-refractivity contribution in [1.82, 2.24) is 10.1 Å². The molecule has 0 aliphatic heterocycles. The van der Waals surface area contributed by atoms with Gasteiger partial charge in [-0.15, -0.1) is 12.4 Å². The molecule has 0 saturated carbocycles. The third-order valence-electron chi connectivity index (χ3n) is 2.49. The molecule has 0 aliphatic rings. The molecule has 19 heavy (non-hydrogen) atoms. The molecular formula is C12H15Cl2N3OS. The number of hydrogen-bond donors (Lipinski definition) is 1. The van der Waals surface area contributed by atoms with E-state index in [-0.39, 0.29) is 18.4 Å². The molecular weight excluding hydrogens is 305 g/mol. The second kappa shape index (κ2) is 7.75. The van der Waals surface area contributed by atoms with Gasteiger partial charge >= 0.3 is 0 Å². The first-order valence-corrected chi connectivity index (χ1v) is 7.32. The highest BCUT2D eigenvalue weighted by atomic mass is 35.5. The molecule has 2 aromatic rings. The van der Waals surface area contributed by atoms with Gasteiger partial charge in [0.2, 0.25) is 11.7 Å². The molecule has 0 amide bonds. The molecule has 4 nitrogen and oxygen atoms in total. The standard InChI is InChI=1S/C12H14ClN3OS.ClH/c1-18-7-6-10(14)12-15-11(16-17-12)8-2-4-9(13)5-3-8;/h2-5,10H,6-7,14H2,1H3;1H. The number of thioether (sulfide) groups is 1. The average molecular weight is 320 g/mol. The van der Waals surface area contributed by atoms with Crippen LogP contribution in [0.2, 0.25) is 5.02 Å². The van der Waals surface area contributed by atoms with Gasteiger partial charge in [-0.1, -0.05) is 16.8 Å². The molecule has 7 heteroatoms. The summed E-state index contributed by atoms with van der Waals surface area (Å²) in [5.74, 6) is 2.00. The number of halogens is 2. The van der Waals surface area contributed by atoms with E-state index in [1.807, 2.05) is 18.4 Å². The van der Waals surface area contributed by atoms with E-state index >= 15 is 0 Å². The van der Waals surface area contributed by atoms with Crippen molar-refractivity contribution in [2.45, 2.75) is 12.5 Å². The average Bonchev–Trinajstić information content (AvgIpc) is 2.86. The minimum atomic E-state index is -0.203. The lowest BCUT2D eigenvalue weighted by Gasteiger charge is -2.03. The minimum Gasteiger partial charge on any atom is -0.337 e. The highest BCUT2D eigenvalue weighted by Crippen LogP contribution is 2.21. The lowest BCUT2D eigenvalue weighted by atomic mass is 10.2. The first-order valence-electron chi connectivity index (χ1n) is 5.55. The van der Waals surface area contributed by atoms with E-state index in [4.69, 9.17) is 21.9 Å². The Kier molecular flexibility index (Phi) is 6.65. The van der Waals surface area contributed by atoms with Crippen molar-refractivity contribution in [2.24, 2.45) is 5.73 Å². The normalized spacial score (nSPS) is 11.9. The van der Waals surface area contributed by atoms with Crippen LogP contribution in [0.5, 0.6) is 0 Å². The van der Waals surface area contributed by atoms with Gasteiger partial charge in [0.1, 0.15) is 0 Å². The Labute approximate surface area is 127 Å². The van der Waals surface area contributed by atoms with Gasteiger partial charge < -0.3 is 10.3 Å². The van der Waals surface area contributed by atoms with Crippen molar-refractivity contribution in [3.8, 4) is 11.4 Å². The fourth-order valence-corrected chi connectivity index (χ4v) is 2.09. The second-order valence-corrected chi connectivity index (χ2v) is 5.27. The van der Waals surface area contributed by atoms with Crippen LogP contribution in [-0.2, 0) is 0 Å². The molecule has 1 aromatic carbocycles. The van der Waals surface area contributed by atoms with Crippen molar-refractivity contribution in [2.75, 3.05) is 12.0 Å². The van der Waals surface area contributed by atoms with Crippen LogP contribution in [0.4, 0.5) is 0 Å². The smallest absolute Gasteiger partial charge is 0.243 e. The maximum atomic E-state index is 5.97. The summed E-state index contributed by atoms with van der Waals surface area (Å²) in [6, 6.07) is 7.08. The molecule has 0 fully saturated rings. The number of nitrogens with zero attached hydrogens (tertiary/aromatic N) is 2. The Morgan fingerprint density at radius 2 is 2.05 bits per heavy atom. The lowest BCUT2D eigenvalue weighted by molar-refractivity contribution is 0.353. The quantitative estimate of drug-likeness (QED) is 0.912. The fourth-order valence-electron chi connectivity index (χ4n) is 1.47. The molecule has 2 N–H and O–H groups in total. The Morgan fingerprint density at radius 3 is 2.68 bits per heavy atom. The molecule has 1 aromatic heterocycles. The first kappa shape index (κ1) is 16.3. The maximum absolute atomic E-state index is 5.97. The first-order chi connectivity index (χ1) is 8.70. The van der Waals surface area contributed by atoms with Gasteiger partial charge in [0.25, 0.3) is 0 Å². The van der Waals surface area contributed by atoms with Crippen LogP contribution >= 0.6 is 35.8 Å². The molecule has 0 aliphatic carbocycles. The van der Waals surface area contributed by atoms with Gasteiger partial charge in [-0.05, 0) is 42.7 Å². The van der Waals surface area contributed by atoms with E-state index in [1.165, 1.54) is 0 Å². The van der Waals surface area contributed by atoms with E-state index in [0.29, 0.717) is 16.7 Å². The van der Waals surface area contributed by atoms with Gasteiger partial charge in [-0.2, -0.15) is 16.7 Å². The Morgan fingerprint density at radius 1 is 1.37 bits per heavy atom. The van der Waals surface area contributed by atoms with Crippen LogP contribution in [0.3, 0.4) is 0 Å². The summed E-state index contributed by atoms with van der Waals surface area (Å²) in [6.45, 7) is 0. The van der Waals surface area contributed by atoms with E-state index in [2.05, 4.69) is 10.1 Å². The second-order valence-electron chi connectivity index (χ2n) is 3.85. The van der Waals surface area contributed by atoms with Crippen molar-refractivity contribution < 1.29 is 4.52 Å². The van der Waals surface area contributed by atoms with E-state index in [1.54, 1.807) is 23.9 Å². The van der Waals surface area contributed by atoms with Crippen molar-refractivity contribution in [1.29, 1.82) is 0 Å². The number of hydrogen-bond acceptors (Lipinski definition) is 5. The van der Waals surface area contributed by atoms with Crippen molar-refractivity contribution >= 4 is 35.8 Å². The number of benzene rings is 1. The predicted molar refractivity (Wildman–Crippen MR) is 81.9 cm³/mol. The summed E-state index contributed by atoms with van der Waals surface area (Å²) in [4.78, 5) is 4.31. The highest BCUT2D eigenvalue weighted by Gasteiger charge is 2.15. The molecule has 1 atom stereocenters. The Balaban J connectivity index is 0.00000180. The molecule has 1 unspecified atom stereocenters. The van der Waals surface area contributed by atoms with Crippen LogP contribution in [0.25, 0.3) is 11.4 Å². The van der Waals surface area contributed by atoms with Gasteiger partial charge in [0.05, 0.1) is 6.04 Å². The van der Waals surface area contributed by atoms with E-state index < -0.39 is 0 Å². The van der Waals surface area contributed by atoms with Crippen molar-refractivity contribution in [3.05, 3.63) is 35.2 Å². The SMILES string of the molecule is CSCCC(N)c1nc(-c2ccc(Cl)cc2)no1.Cl. The van der Waals surface area contributed by atoms with Gasteiger partial charge in [0, 0.05) is 10.6 Å². The summed E-state index contributed by atoms with van der Waals surface area (Å²) in [7, 11) is 0. The third-order valence-corrected chi connectivity index (χ3v) is 3.39. The van der Waals surface area contributed by atoms with Gasteiger partial charge in [-0.25, -0.2) is 0 Å². The third kappa shape index (κ3) is 4.38. The molecule has 2 rings (SSSR count). The minimum absolute atomic E-state index is 0. The maximum Gasteiger partial charge on any atom is 0.243 e. The molecule has 0 saturated heterocycles. The van der Waals surface area contributed by atoms with Gasteiger partial charge in [0.15, 0.2) is 0 Å². The summed E-state index contributed by atoms with van der Waals surface area (Å²) < 4.78 is 5.18. The largest absolute Gasteiger partial charge is 0.337 e. The summed E-state index contributed by atoms with van der Waals surface area (Å²) in [5.41, 5.74) is 6.83. The zero-order valence-corrected chi connectivity index (χ0v) is 12.8. The highest BCUT2D eigenvalue weighted by molar-refractivity contribution is 7.98. The lowest BCUT2D eigenvalue weighted by Crippen LogP contribution is -2.11. The number of aromatic nitrogens is 2. The predicted octanol–water partition coefficient (Wildman–Crippen LogP) is 3.56. The Bertz CT molecular complexity index is 504. The summed E-state index contributed by atoms with van der Waals surface area (Å²) in [5, 5.41) is 4.61. The number of rotatable bonds is 5. The topological polar surface area (TPSA) is 64.9 Å². The zero-order valence-electron chi connectivity index (χ0n) is 10.4. The van der Waals surface area contributed by atoms with Gasteiger partial charge in [-0.3, -0.25) is 0 Å². The Hall–Kier alpha value is -0.750. The van der Waals surface area contributed by atoms with Crippen LogP contribution in [-0.4, -0.2) is 22.1 Å². The fraction of sp³-hybridized carbons (Fsp3) is 0.333. The zero-order chi connectivity index (χ0) is 13.0.